The number of ether oxygens (including phenoxy) is 3. The lowest BCUT2D eigenvalue weighted by atomic mass is 10.1. The van der Waals surface area contributed by atoms with E-state index < -0.39 is 21.8 Å². The third-order valence-corrected chi connectivity index (χ3v) is 6.93. The fraction of sp³-hybridized carbons (Fsp3) is 0.500. The summed E-state index contributed by atoms with van der Waals surface area (Å²) in [4.78, 5) is 24.7. The number of esters is 1. The van der Waals surface area contributed by atoms with Gasteiger partial charge in [0.1, 0.15) is 18.1 Å². The molecule has 0 radical (unpaired) electrons. The van der Waals surface area contributed by atoms with Gasteiger partial charge in [-0.3, -0.25) is 4.79 Å². The normalized spacial score (nSPS) is 23.2. The summed E-state index contributed by atoms with van der Waals surface area (Å²) < 4.78 is 39.5. The Hall–Kier alpha value is -2.17. The van der Waals surface area contributed by atoms with E-state index in [0.717, 1.165) is 10.6 Å². The zero-order valence-electron chi connectivity index (χ0n) is 15.4. The molecular formula is C18H19ClN2O7S. The number of carbonyl (C=O) groups excluding carboxylic acids is 2. The summed E-state index contributed by atoms with van der Waals surface area (Å²) in [5.74, 6) is -0.504. The van der Waals surface area contributed by atoms with Crippen LogP contribution in [0.5, 0.6) is 5.75 Å². The first kappa shape index (κ1) is 20.1. The van der Waals surface area contributed by atoms with Crippen LogP contribution in [0.2, 0.25) is 5.02 Å². The summed E-state index contributed by atoms with van der Waals surface area (Å²) in [7, 11) is -3.18. The summed E-state index contributed by atoms with van der Waals surface area (Å²) in [5, 5.41) is 5.71. The molecule has 1 aromatic carbocycles. The molecule has 9 nitrogen and oxygen atoms in total. The van der Waals surface area contributed by atoms with E-state index in [2.05, 4.69) is 5.10 Å². The fourth-order valence-corrected chi connectivity index (χ4v) is 5.52. The Labute approximate surface area is 172 Å². The van der Waals surface area contributed by atoms with Crippen LogP contribution in [0.15, 0.2) is 17.2 Å². The van der Waals surface area contributed by atoms with Crippen LogP contribution >= 0.6 is 11.6 Å². The molecule has 1 fully saturated rings. The van der Waals surface area contributed by atoms with Gasteiger partial charge in [-0.2, -0.15) is 5.10 Å². The van der Waals surface area contributed by atoms with E-state index in [4.69, 9.17) is 25.8 Å². The van der Waals surface area contributed by atoms with Crippen molar-refractivity contribution in [1.29, 1.82) is 0 Å². The molecule has 1 amide bonds. The second-order valence-corrected chi connectivity index (χ2v) is 9.75. The number of carbonyl (C=O) groups is 2. The Morgan fingerprint density at radius 2 is 2.17 bits per heavy atom. The van der Waals surface area contributed by atoms with Crippen molar-refractivity contribution in [3.05, 3.63) is 28.3 Å². The van der Waals surface area contributed by atoms with Crippen molar-refractivity contribution in [2.24, 2.45) is 5.10 Å². The monoisotopic (exact) mass is 442 g/mol. The molecule has 0 N–H and O–H groups in total. The topological polar surface area (TPSA) is 112 Å². The van der Waals surface area contributed by atoms with Crippen LogP contribution in [0, 0.1) is 0 Å². The Morgan fingerprint density at radius 1 is 1.34 bits per heavy atom. The average molecular weight is 443 g/mol. The molecule has 1 aromatic rings. The lowest BCUT2D eigenvalue weighted by Gasteiger charge is -2.27. The van der Waals surface area contributed by atoms with Crippen LogP contribution in [-0.2, 0) is 42.1 Å². The minimum Gasteiger partial charge on any atom is -0.467 e. The molecule has 156 valence electrons. The molecule has 3 aliphatic rings. The minimum atomic E-state index is -3.18. The number of fused-ring (bicyclic) bond motifs is 1. The fourth-order valence-electron chi connectivity index (χ4n) is 3.56. The minimum absolute atomic E-state index is 0.0142. The SMILES string of the molecule is O=C(OCc1cc(Cl)cc2c1OCOC2)C1=NN([C@@H]2CCS(=O)(=O)C2)C(=O)CC1. The van der Waals surface area contributed by atoms with E-state index in [1.54, 1.807) is 12.1 Å². The molecule has 1 atom stereocenters. The van der Waals surface area contributed by atoms with Crippen LogP contribution in [0.4, 0.5) is 0 Å². The Balaban J connectivity index is 1.47. The van der Waals surface area contributed by atoms with Gasteiger partial charge in [0.25, 0.3) is 0 Å². The average Bonchev–Trinajstić information content (AvgIpc) is 3.05. The van der Waals surface area contributed by atoms with Gasteiger partial charge in [0.2, 0.25) is 5.91 Å². The number of hydrogen-bond acceptors (Lipinski definition) is 8. The number of benzene rings is 1. The molecule has 0 spiro atoms. The van der Waals surface area contributed by atoms with Gasteiger partial charge >= 0.3 is 5.97 Å². The smallest absolute Gasteiger partial charge is 0.354 e. The van der Waals surface area contributed by atoms with Crippen LogP contribution in [0.3, 0.4) is 0 Å². The number of hydrogen-bond donors (Lipinski definition) is 0. The van der Waals surface area contributed by atoms with Gasteiger partial charge in [0.15, 0.2) is 16.6 Å². The molecule has 3 aliphatic heterocycles. The number of halogens is 1. The molecule has 0 saturated carbocycles. The van der Waals surface area contributed by atoms with Crippen LogP contribution in [-0.4, -0.2) is 55.4 Å². The maximum atomic E-state index is 12.5. The van der Waals surface area contributed by atoms with Crippen molar-refractivity contribution in [2.45, 2.75) is 38.5 Å². The predicted molar refractivity (Wildman–Crippen MR) is 102 cm³/mol. The summed E-state index contributed by atoms with van der Waals surface area (Å²) in [6.45, 7) is 0.376. The molecule has 0 aromatic heterocycles. The highest BCUT2D eigenvalue weighted by Gasteiger charge is 2.37. The Morgan fingerprint density at radius 3 is 2.93 bits per heavy atom. The number of nitrogens with zero attached hydrogens (tertiary/aromatic N) is 2. The lowest BCUT2D eigenvalue weighted by molar-refractivity contribution is -0.138. The second kappa shape index (κ2) is 7.92. The van der Waals surface area contributed by atoms with Gasteiger partial charge < -0.3 is 14.2 Å². The molecule has 4 rings (SSSR count). The number of hydrazone groups is 1. The zero-order valence-corrected chi connectivity index (χ0v) is 17.0. The number of rotatable bonds is 4. The molecule has 0 unspecified atom stereocenters. The van der Waals surface area contributed by atoms with Crippen molar-refractivity contribution in [2.75, 3.05) is 18.3 Å². The van der Waals surface area contributed by atoms with Crippen molar-refractivity contribution < 1.29 is 32.2 Å². The summed E-state index contributed by atoms with van der Waals surface area (Å²) >= 11 is 6.11. The van der Waals surface area contributed by atoms with E-state index in [0.29, 0.717) is 29.4 Å². The van der Waals surface area contributed by atoms with E-state index in [1.807, 2.05) is 0 Å². The van der Waals surface area contributed by atoms with E-state index in [-0.39, 0.29) is 49.4 Å². The highest BCUT2D eigenvalue weighted by atomic mass is 35.5. The summed E-state index contributed by atoms with van der Waals surface area (Å²) in [5.41, 5.74) is 1.47. The molecule has 29 heavy (non-hydrogen) atoms. The largest absolute Gasteiger partial charge is 0.467 e. The Kier molecular flexibility index (Phi) is 5.50. The molecule has 11 heteroatoms. The maximum absolute atomic E-state index is 12.5. The second-order valence-electron chi connectivity index (χ2n) is 7.08. The van der Waals surface area contributed by atoms with Gasteiger partial charge in [-0.1, -0.05) is 11.6 Å². The van der Waals surface area contributed by atoms with Crippen molar-refractivity contribution in [1.82, 2.24) is 5.01 Å². The standard InChI is InChI=1S/C18H19ClN2O7S/c19-13-5-11-7-26-10-28-17(11)12(6-13)8-27-18(23)15-1-2-16(22)21(20-15)14-3-4-29(24,25)9-14/h5-6,14H,1-4,7-10H2/t14-/m1/s1. The molecule has 0 bridgehead atoms. The van der Waals surface area contributed by atoms with Crippen molar-refractivity contribution >= 4 is 39.0 Å². The van der Waals surface area contributed by atoms with Crippen molar-refractivity contribution in [3.8, 4) is 5.75 Å². The molecule has 3 heterocycles. The first-order valence-corrected chi connectivity index (χ1v) is 11.3. The first-order chi connectivity index (χ1) is 13.8. The van der Waals surface area contributed by atoms with E-state index in [9.17, 15) is 18.0 Å². The number of amides is 1. The van der Waals surface area contributed by atoms with E-state index in [1.165, 1.54) is 0 Å². The third-order valence-electron chi connectivity index (χ3n) is 4.96. The van der Waals surface area contributed by atoms with Crippen LogP contribution in [0.1, 0.15) is 30.4 Å². The summed E-state index contributed by atoms with van der Waals surface area (Å²) in [6, 6.07) is 2.84. The van der Waals surface area contributed by atoms with Gasteiger partial charge in [-0.15, -0.1) is 0 Å². The quantitative estimate of drug-likeness (QED) is 0.648. The molecule has 1 saturated heterocycles. The van der Waals surface area contributed by atoms with E-state index >= 15 is 0 Å². The highest BCUT2D eigenvalue weighted by Crippen LogP contribution is 2.32. The third kappa shape index (κ3) is 4.39. The zero-order chi connectivity index (χ0) is 20.6. The van der Waals surface area contributed by atoms with Crippen LogP contribution in [0.25, 0.3) is 0 Å². The summed E-state index contributed by atoms with van der Waals surface area (Å²) in [6.07, 6.45) is 0.539. The van der Waals surface area contributed by atoms with Gasteiger partial charge in [-0.25, -0.2) is 18.2 Å². The first-order valence-electron chi connectivity index (χ1n) is 9.11. The Bertz CT molecular complexity index is 992. The van der Waals surface area contributed by atoms with Crippen molar-refractivity contribution in [3.63, 3.8) is 0 Å². The predicted octanol–water partition coefficient (Wildman–Crippen LogP) is 1.42. The lowest BCUT2D eigenvalue weighted by Crippen LogP contribution is -2.42. The highest BCUT2D eigenvalue weighted by molar-refractivity contribution is 7.91. The maximum Gasteiger partial charge on any atom is 0.354 e. The van der Waals surface area contributed by atoms with Gasteiger partial charge in [0, 0.05) is 29.0 Å². The van der Waals surface area contributed by atoms with Crippen LogP contribution < -0.4 is 4.74 Å². The van der Waals surface area contributed by atoms with Gasteiger partial charge in [-0.05, 0) is 18.6 Å². The number of sulfone groups is 1. The molecular weight excluding hydrogens is 424 g/mol. The molecule has 0 aliphatic carbocycles. The van der Waals surface area contributed by atoms with Gasteiger partial charge in [0.05, 0.1) is 24.2 Å².